The molecule has 0 aromatic heterocycles. The summed E-state index contributed by atoms with van der Waals surface area (Å²) in [6, 6.07) is 1.38. The van der Waals surface area contributed by atoms with E-state index in [0.29, 0.717) is 24.0 Å². The maximum absolute atomic E-state index is 12.4. The van der Waals surface area contributed by atoms with Crippen LogP contribution in [-0.2, 0) is 4.79 Å². The average Bonchev–Trinajstić information content (AvgIpc) is 2.71. The second-order valence-electron chi connectivity index (χ2n) is 6.72. The first-order chi connectivity index (χ1) is 8.97. The van der Waals surface area contributed by atoms with Gasteiger partial charge in [-0.3, -0.25) is 9.69 Å². The molecule has 0 saturated carbocycles. The summed E-state index contributed by atoms with van der Waals surface area (Å²) in [7, 11) is 0. The molecular weight excluding hydrogens is 238 g/mol. The third kappa shape index (κ3) is 3.69. The lowest BCUT2D eigenvalue weighted by Gasteiger charge is -2.29. The van der Waals surface area contributed by atoms with Crippen LogP contribution < -0.4 is 10.6 Å². The van der Waals surface area contributed by atoms with E-state index in [1.807, 2.05) is 0 Å². The summed E-state index contributed by atoms with van der Waals surface area (Å²) in [5.41, 5.74) is 0. The van der Waals surface area contributed by atoms with Crippen molar-refractivity contribution < 1.29 is 4.79 Å². The van der Waals surface area contributed by atoms with Gasteiger partial charge in [0, 0.05) is 37.1 Å². The zero-order valence-corrected chi connectivity index (χ0v) is 12.8. The Balaban J connectivity index is 1.85. The van der Waals surface area contributed by atoms with Gasteiger partial charge in [0.1, 0.15) is 0 Å². The standard InChI is InChI=1S/C15H29N3O/c1-10(2)18-8-11(3)14(9-18)17-15(19)13-5-6-16-12(4)7-13/h10-14,16H,5-9H2,1-4H3,(H,17,19)/t11?,12-,13-,14?/m0/s1. The van der Waals surface area contributed by atoms with Crippen molar-refractivity contribution >= 4 is 5.91 Å². The highest BCUT2D eigenvalue weighted by Gasteiger charge is 2.34. The van der Waals surface area contributed by atoms with Crippen molar-refractivity contribution in [3.8, 4) is 0 Å². The third-order valence-electron chi connectivity index (χ3n) is 4.69. The van der Waals surface area contributed by atoms with Crippen molar-refractivity contribution in [2.45, 2.75) is 58.7 Å². The van der Waals surface area contributed by atoms with E-state index in [1.165, 1.54) is 0 Å². The molecule has 0 spiro atoms. The Morgan fingerprint density at radius 1 is 1.32 bits per heavy atom. The number of amides is 1. The van der Waals surface area contributed by atoms with E-state index in [4.69, 9.17) is 0 Å². The monoisotopic (exact) mass is 267 g/mol. The van der Waals surface area contributed by atoms with Crippen LogP contribution in [0.4, 0.5) is 0 Å². The summed E-state index contributed by atoms with van der Waals surface area (Å²) in [5, 5.41) is 6.70. The molecule has 2 N–H and O–H groups in total. The van der Waals surface area contributed by atoms with Crippen molar-refractivity contribution in [3.63, 3.8) is 0 Å². The summed E-state index contributed by atoms with van der Waals surface area (Å²) in [4.78, 5) is 14.8. The smallest absolute Gasteiger partial charge is 0.223 e. The van der Waals surface area contributed by atoms with Crippen molar-refractivity contribution in [1.82, 2.24) is 15.5 Å². The maximum atomic E-state index is 12.4. The largest absolute Gasteiger partial charge is 0.352 e. The normalized spacial score (nSPS) is 36.7. The Morgan fingerprint density at radius 2 is 2.05 bits per heavy atom. The average molecular weight is 267 g/mol. The van der Waals surface area contributed by atoms with Gasteiger partial charge in [0.15, 0.2) is 0 Å². The number of likely N-dealkylation sites (tertiary alicyclic amines) is 1. The molecule has 4 nitrogen and oxygen atoms in total. The molecule has 2 aliphatic heterocycles. The van der Waals surface area contributed by atoms with E-state index in [0.717, 1.165) is 32.5 Å². The molecule has 2 heterocycles. The first-order valence-electron chi connectivity index (χ1n) is 7.75. The van der Waals surface area contributed by atoms with Gasteiger partial charge in [0.05, 0.1) is 0 Å². The fraction of sp³-hybridized carbons (Fsp3) is 0.933. The lowest BCUT2D eigenvalue weighted by molar-refractivity contribution is -0.126. The highest BCUT2D eigenvalue weighted by atomic mass is 16.2. The van der Waals surface area contributed by atoms with Gasteiger partial charge >= 0.3 is 0 Å². The van der Waals surface area contributed by atoms with Crippen LogP contribution >= 0.6 is 0 Å². The van der Waals surface area contributed by atoms with E-state index in [2.05, 4.69) is 43.2 Å². The summed E-state index contributed by atoms with van der Waals surface area (Å²) >= 11 is 0. The fourth-order valence-corrected chi connectivity index (χ4v) is 3.28. The Bertz CT molecular complexity index is 319. The topological polar surface area (TPSA) is 44.4 Å². The number of rotatable bonds is 3. The highest BCUT2D eigenvalue weighted by Crippen LogP contribution is 2.21. The van der Waals surface area contributed by atoms with Crippen LogP contribution in [0.1, 0.15) is 40.5 Å². The predicted molar refractivity (Wildman–Crippen MR) is 78.0 cm³/mol. The highest BCUT2D eigenvalue weighted by molar-refractivity contribution is 5.79. The predicted octanol–water partition coefficient (Wildman–Crippen LogP) is 1.22. The van der Waals surface area contributed by atoms with Crippen LogP contribution in [0.3, 0.4) is 0 Å². The zero-order valence-electron chi connectivity index (χ0n) is 12.8. The van der Waals surface area contributed by atoms with E-state index in [-0.39, 0.29) is 11.8 Å². The van der Waals surface area contributed by atoms with Crippen molar-refractivity contribution in [1.29, 1.82) is 0 Å². The molecule has 2 rings (SSSR count). The van der Waals surface area contributed by atoms with E-state index >= 15 is 0 Å². The second-order valence-corrected chi connectivity index (χ2v) is 6.72. The number of hydrogen-bond acceptors (Lipinski definition) is 3. The van der Waals surface area contributed by atoms with Crippen LogP contribution in [0.5, 0.6) is 0 Å². The molecule has 2 saturated heterocycles. The quantitative estimate of drug-likeness (QED) is 0.808. The molecule has 2 fully saturated rings. The Hall–Kier alpha value is -0.610. The van der Waals surface area contributed by atoms with Crippen LogP contribution in [0.15, 0.2) is 0 Å². The molecule has 4 heteroatoms. The minimum Gasteiger partial charge on any atom is -0.352 e. The molecule has 1 amide bonds. The number of carbonyl (C=O) groups is 1. The number of nitrogens with zero attached hydrogens (tertiary/aromatic N) is 1. The van der Waals surface area contributed by atoms with Crippen LogP contribution in [0.2, 0.25) is 0 Å². The summed E-state index contributed by atoms with van der Waals surface area (Å²) in [5.74, 6) is 1.04. The minimum absolute atomic E-state index is 0.205. The molecule has 4 atom stereocenters. The van der Waals surface area contributed by atoms with E-state index in [1.54, 1.807) is 0 Å². The third-order valence-corrected chi connectivity index (χ3v) is 4.69. The molecular formula is C15H29N3O. The van der Waals surface area contributed by atoms with E-state index < -0.39 is 0 Å². The minimum atomic E-state index is 0.205. The van der Waals surface area contributed by atoms with Crippen LogP contribution in [-0.4, -0.2) is 48.6 Å². The van der Waals surface area contributed by atoms with Gasteiger partial charge < -0.3 is 10.6 Å². The number of piperidine rings is 1. The van der Waals surface area contributed by atoms with Gasteiger partial charge in [-0.05, 0) is 46.1 Å². The van der Waals surface area contributed by atoms with E-state index in [9.17, 15) is 4.79 Å². The molecule has 0 radical (unpaired) electrons. The molecule has 0 aromatic rings. The molecule has 110 valence electrons. The SMILES string of the molecule is CC1CN(C(C)C)CC1NC(=O)[C@H]1CCN[C@@H](C)C1. The Kier molecular flexibility index (Phi) is 4.85. The molecule has 2 aliphatic rings. The van der Waals surface area contributed by atoms with Gasteiger partial charge in [0.2, 0.25) is 5.91 Å². The van der Waals surface area contributed by atoms with Crippen molar-refractivity contribution in [3.05, 3.63) is 0 Å². The summed E-state index contributed by atoms with van der Waals surface area (Å²) < 4.78 is 0. The maximum Gasteiger partial charge on any atom is 0.223 e. The van der Waals surface area contributed by atoms with Gasteiger partial charge in [-0.15, -0.1) is 0 Å². The molecule has 0 bridgehead atoms. The molecule has 0 aromatic carbocycles. The van der Waals surface area contributed by atoms with Gasteiger partial charge in [0.25, 0.3) is 0 Å². The Morgan fingerprint density at radius 3 is 2.63 bits per heavy atom. The van der Waals surface area contributed by atoms with Gasteiger partial charge in [-0.2, -0.15) is 0 Å². The Labute approximate surface area is 117 Å². The van der Waals surface area contributed by atoms with Gasteiger partial charge in [-0.1, -0.05) is 6.92 Å². The number of nitrogens with one attached hydrogen (secondary N) is 2. The van der Waals surface area contributed by atoms with Crippen LogP contribution in [0, 0.1) is 11.8 Å². The fourth-order valence-electron chi connectivity index (χ4n) is 3.28. The summed E-state index contributed by atoms with van der Waals surface area (Å²) in [6.07, 6.45) is 1.95. The number of carbonyl (C=O) groups excluding carboxylic acids is 1. The van der Waals surface area contributed by atoms with Crippen LogP contribution in [0.25, 0.3) is 0 Å². The summed E-state index contributed by atoms with van der Waals surface area (Å²) in [6.45, 7) is 11.9. The molecule has 2 unspecified atom stereocenters. The lowest BCUT2D eigenvalue weighted by Crippen LogP contribution is -2.47. The second kappa shape index (κ2) is 6.23. The van der Waals surface area contributed by atoms with Gasteiger partial charge in [-0.25, -0.2) is 0 Å². The van der Waals surface area contributed by atoms with Crippen molar-refractivity contribution in [2.75, 3.05) is 19.6 Å². The van der Waals surface area contributed by atoms with Crippen molar-refractivity contribution in [2.24, 2.45) is 11.8 Å². The first-order valence-corrected chi connectivity index (χ1v) is 7.75. The molecule has 0 aliphatic carbocycles. The first kappa shape index (κ1) is 14.8. The molecule has 19 heavy (non-hydrogen) atoms. The lowest BCUT2D eigenvalue weighted by atomic mass is 9.92. The number of hydrogen-bond donors (Lipinski definition) is 2. The zero-order chi connectivity index (χ0) is 14.0.